The summed E-state index contributed by atoms with van der Waals surface area (Å²) in [5, 5.41) is 28.1. The van der Waals surface area contributed by atoms with Gasteiger partial charge in [0.15, 0.2) is 12.6 Å². The molecule has 6 nitrogen and oxygen atoms in total. The molecule has 15 heavy (non-hydrogen) atoms. The van der Waals surface area contributed by atoms with Crippen LogP contribution in [-0.4, -0.2) is 58.9 Å². The molecule has 2 aliphatic rings. The van der Waals surface area contributed by atoms with Crippen LogP contribution in [0.25, 0.3) is 0 Å². The SMILES string of the molecule is CCC1OCC(C2OC(O)C(O)C2O)O1. The molecule has 2 aliphatic heterocycles. The molecule has 6 atom stereocenters. The van der Waals surface area contributed by atoms with Gasteiger partial charge in [0.2, 0.25) is 0 Å². The van der Waals surface area contributed by atoms with Crippen molar-refractivity contribution in [3.8, 4) is 0 Å². The number of ether oxygens (including phenoxy) is 3. The number of aliphatic hydroxyl groups excluding tert-OH is 3. The highest BCUT2D eigenvalue weighted by atomic mass is 16.7. The zero-order chi connectivity index (χ0) is 11.0. The maximum Gasteiger partial charge on any atom is 0.184 e. The summed E-state index contributed by atoms with van der Waals surface area (Å²) in [4.78, 5) is 0. The highest BCUT2D eigenvalue weighted by Crippen LogP contribution is 2.28. The molecule has 0 bridgehead atoms. The van der Waals surface area contributed by atoms with Crippen LogP contribution < -0.4 is 0 Å². The fourth-order valence-corrected chi connectivity index (χ4v) is 1.85. The molecule has 0 amide bonds. The molecule has 0 aliphatic carbocycles. The Morgan fingerprint density at radius 1 is 1.13 bits per heavy atom. The second kappa shape index (κ2) is 4.32. The van der Waals surface area contributed by atoms with Gasteiger partial charge in [0.05, 0.1) is 6.61 Å². The highest BCUT2D eigenvalue weighted by Gasteiger charge is 2.48. The third-order valence-electron chi connectivity index (χ3n) is 2.75. The van der Waals surface area contributed by atoms with Gasteiger partial charge in [-0.25, -0.2) is 0 Å². The Labute approximate surface area is 87.4 Å². The van der Waals surface area contributed by atoms with Crippen molar-refractivity contribution in [1.29, 1.82) is 0 Å². The fourth-order valence-electron chi connectivity index (χ4n) is 1.85. The van der Waals surface area contributed by atoms with E-state index in [0.717, 1.165) is 0 Å². The lowest BCUT2D eigenvalue weighted by Crippen LogP contribution is -2.40. The van der Waals surface area contributed by atoms with E-state index in [1.807, 2.05) is 6.92 Å². The third kappa shape index (κ3) is 2.01. The molecule has 88 valence electrons. The van der Waals surface area contributed by atoms with Crippen LogP contribution >= 0.6 is 0 Å². The summed E-state index contributed by atoms with van der Waals surface area (Å²) >= 11 is 0. The lowest BCUT2D eigenvalue weighted by atomic mass is 10.1. The summed E-state index contributed by atoms with van der Waals surface area (Å²) in [7, 11) is 0. The van der Waals surface area contributed by atoms with Crippen LogP contribution in [0.5, 0.6) is 0 Å². The molecule has 2 fully saturated rings. The summed E-state index contributed by atoms with van der Waals surface area (Å²) < 4.78 is 15.7. The van der Waals surface area contributed by atoms with E-state index in [4.69, 9.17) is 14.2 Å². The monoisotopic (exact) mass is 220 g/mol. The zero-order valence-corrected chi connectivity index (χ0v) is 8.44. The lowest BCUT2D eigenvalue weighted by molar-refractivity contribution is -0.154. The molecular weight excluding hydrogens is 204 g/mol. The average Bonchev–Trinajstić information content (AvgIpc) is 2.79. The van der Waals surface area contributed by atoms with Gasteiger partial charge in [-0.2, -0.15) is 0 Å². The summed E-state index contributed by atoms with van der Waals surface area (Å²) in [5.41, 5.74) is 0. The van der Waals surface area contributed by atoms with E-state index in [2.05, 4.69) is 0 Å². The topological polar surface area (TPSA) is 88.4 Å². The standard InChI is InChI=1S/C9H16O6/c1-2-5-13-3-4(14-5)8-6(10)7(11)9(12)15-8/h4-12H,2-3H2,1H3. The molecule has 2 rings (SSSR count). The molecule has 0 radical (unpaired) electrons. The molecule has 0 aromatic heterocycles. The van der Waals surface area contributed by atoms with Crippen LogP contribution in [0.4, 0.5) is 0 Å². The van der Waals surface area contributed by atoms with Gasteiger partial charge >= 0.3 is 0 Å². The smallest absolute Gasteiger partial charge is 0.184 e. The molecule has 2 saturated heterocycles. The van der Waals surface area contributed by atoms with Gasteiger partial charge in [0.25, 0.3) is 0 Å². The van der Waals surface area contributed by atoms with E-state index < -0.39 is 30.7 Å². The van der Waals surface area contributed by atoms with Crippen molar-refractivity contribution in [2.75, 3.05) is 6.61 Å². The first-order valence-electron chi connectivity index (χ1n) is 5.10. The van der Waals surface area contributed by atoms with Crippen LogP contribution in [-0.2, 0) is 14.2 Å². The second-order valence-corrected chi connectivity index (χ2v) is 3.82. The van der Waals surface area contributed by atoms with Crippen LogP contribution in [0.15, 0.2) is 0 Å². The highest BCUT2D eigenvalue weighted by molar-refractivity contribution is 4.92. The molecule has 0 saturated carbocycles. The Kier molecular flexibility index (Phi) is 3.24. The first-order chi connectivity index (χ1) is 7.13. The Hall–Kier alpha value is -0.240. The summed E-state index contributed by atoms with van der Waals surface area (Å²) in [5.74, 6) is 0. The first kappa shape index (κ1) is 11.3. The number of hydrogen-bond acceptors (Lipinski definition) is 6. The van der Waals surface area contributed by atoms with E-state index in [0.29, 0.717) is 13.0 Å². The molecule has 6 unspecified atom stereocenters. The van der Waals surface area contributed by atoms with Gasteiger partial charge in [0.1, 0.15) is 24.4 Å². The zero-order valence-electron chi connectivity index (χ0n) is 8.44. The summed E-state index contributed by atoms with van der Waals surface area (Å²) in [6.45, 7) is 2.22. The normalized spacial score (nSPS) is 51.2. The molecule has 0 spiro atoms. The van der Waals surface area contributed by atoms with Crippen molar-refractivity contribution in [3.05, 3.63) is 0 Å². The Morgan fingerprint density at radius 3 is 2.33 bits per heavy atom. The largest absolute Gasteiger partial charge is 0.387 e. The maximum absolute atomic E-state index is 9.58. The van der Waals surface area contributed by atoms with Crippen molar-refractivity contribution in [2.24, 2.45) is 0 Å². The van der Waals surface area contributed by atoms with Crippen LogP contribution in [0.1, 0.15) is 13.3 Å². The van der Waals surface area contributed by atoms with E-state index >= 15 is 0 Å². The van der Waals surface area contributed by atoms with Gasteiger partial charge < -0.3 is 29.5 Å². The van der Waals surface area contributed by atoms with Crippen LogP contribution in [0.3, 0.4) is 0 Å². The van der Waals surface area contributed by atoms with Crippen LogP contribution in [0.2, 0.25) is 0 Å². The minimum Gasteiger partial charge on any atom is -0.387 e. The third-order valence-corrected chi connectivity index (χ3v) is 2.75. The molecule has 0 aromatic carbocycles. The minimum atomic E-state index is -1.35. The van der Waals surface area contributed by atoms with E-state index in [-0.39, 0.29) is 6.29 Å². The van der Waals surface area contributed by atoms with Crippen molar-refractivity contribution in [1.82, 2.24) is 0 Å². The Bertz CT molecular complexity index is 223. The molecule has 0 aromatic rings. The van der Waals surface area contributed by atoms with E-state index in [1.165, 1.54) is 0 Å². The summed E-state index contributed by atoms with van der Waals surface area (Å²) in [6, 6.07) is 0. The van der Waals surface area contributed by atoms with Gasteiger partial charge in [-0.05, 0) is 6.42 Å². The van der Waals surface area contributed by atoms with Gasteiger partial charge in [-0.3, -0.25) is 0 Å². The predicted molar refractivity (Wildman–Crippen MR) is 47.8 cm³/mol. The van der Waals surface area contributed by atoms with E-state index in [9.17, 15) is 15.3 Å². The van der Waals surface area contributed by atoms with Gasteiger partial charge in [-0.15, -0.1) is 0 Å². The fraction of sp³-hybridized carbons (Fsp3) is 1.00. The lowest BCUT2D eigenvalue weighted by Gasteiger charge is -2.19. The van der Waals surface area contributed by atoms with Gasteiger partial charge in [-0.1, -0.05) is 6.92 Å². The van der Waals surface area contributed by atoms with Crippen molar-refractivity contribution in [2.45, 2.75) is 50.3 Å². The number of rotatable bonds is 2. The minimum absolute atomic E-state index is 0.291. The molecule has 2 heterocycles. The molecule has 6 heteroatoms. The van der Waals surface area contributed by atoms with E-state index in [1.54, 1.807) is 0 Å². The van der Waals surface area contributed by atoms with Crippen molar-refractivity contribution in [3.63, 3.8) is 0 Å². The number of aliphatic hydroxyl groups is 3. The quantitative estimate of drug-likeness (QED) is 0.529. The number of hydrogen-bond donors (Lipinski definition) is 3. The van der Waals surface area contributed by atoms with Crippen molar-refractivity contribution >= 4 is 0 Å². The van der Waals surface area contributed by atoms with Crippen LogP contribution in [0, 0.1) is 0 Å². The Morgan fingerprint density at radius 2 is 1.87 bits per heavy atom. The Balaban J connectivity index is 1.95. The predicted octanol–water partition coefficient (Wildman–Crippen LogP) is -1.42. The van der Waals surface area contributed by atoms with Crippen molar-refractivity contribution < 1.29 is 29.5 Å². The maximum atomic E-state index is 9.58. The average molecular weight is 220 g/mol. The van der Waals surface area contributed by atoms with Gasteiger partial charge in [0, 0.05) is 0 Å². The molecular formula is C9H16O6. The summed E-state index contributed by atoms with van der Waals surface area (Å²) in [6.07, 6.45) is -4.51. The first-order valence-corrected chi connectivity index (χ1v) is 5.10. The molecule has 3 N–H and O–H groups in total. The second-order valence-electron chi connectivity index (χ2n) is 3.82.